The average molecular weight is 298 g/mol. The quantitative estimate of drug-likeness (QED) is 0.493. The summed E-state index contributed by atoms with van der Waals surface area (Å²) < 4.78 is 16.0. The molecule has 1 aromatic heterocycles. The summed E-state index contributed by atoms with van der Waals surface area (Å²) in [5.74, 6) is 0.933. The molecule has 3 rings (SSSR count). The minimum absolute atomic E-state index is 0.187. The van der Waals surface area contributed by atoms with Crippen LogP contribution in [0.1, 0.15) is 35.0 Å². The van der Waals surface area contributed by atoms with Crippen molar-refractivity contribution in [3.05, 3.63) is 53.2 Å². The van der Waals surface area contributed by atoms with Crippen LogP contribution in [0.25, 0.3) is 6.08 Å². The van der Waals surface area contributed by atoms with Crippen molar-refractivity contribution in [3.8, 4) is 11.5 Å². The fraction of sp³-hybridized carbons (Fsp3) is 0.176. The lowest BCUT2D eigenvalue weighted by atomic mass is 10.0. The van der Waals surface area contributed by atoms with Gasteiger partial charge in [0.15, 0.2) is 5.76 Å². The summed E-state index contributed by atoms with van der Waals surface area (Å²) in [4.78, 5) is 23.8. The van der Waals surface area contributed by atoms with Gasteiger partial charge in [-0.05, 0) is 30.7 Å². The smallest absolute Gasteiger partial charge is 0.310 e. The second kappa shape index (κ2) is 5.52. The van der Waals surface area contributed by atoms with E-state index in [-0.39, 0.29) is 23.9 Å². The lowest BCUT2D eigenvalue weighted by Gasteiger charge is -2.06. The van der Waals surface area contributed by atoms with Crippen molar-refractivity contribution in [2.75, 3.05) is 0 Å². The van der Waals surface area contributed by atoms with E-state index in [1.54, 1.807) is 44.2 Å². The molecule has 0 spiro atoms. The van der Waals surface area contributed by atoms with Gasteiger partial charge in [-0.2, -0.15) is 0 Å². The molecule has 0 bridgehead atoms. The Balaban J connectivity index is 1.95. The molecular weight excluding hydrogens is 284 g/mol. The van der Waals surface area contributed by atoms with Crippen LogP contribution in [-0.4, -0.2) is 11.8 Å². The van der Waals surface area contributed by atoms with Crippen LogP contribution in [0.15, 0.2) is 40.7 Å². The second-order valence-electron chi connectivity index (χ2n) is 4.90. The van der Waals surface area contributed by atoms with E-state index < -0.39 is 0 Å². The van der Waals surface area contributed by atoms with Gasteiger partial charge in [-0.15, -0.1) is 0 Å². The van der Waals surface area contributed by atoms with Gasteiger partial charge in [0.05, 0.1) is 11.8 Å². The largest absolute Gasteiger partial charge is 0.465 e. The van der Waals surface area contributed by atoms with Crippen molar-refractivity contribution in [1.82, 2.24) is 0 Å². The summed E-state index contributed by atoms with van der Waals surface area (Å²) in [6.07, 6.45) is 3.34. The highest BCUT2D eigenvalue weighted by Gasteiger charge is 2.30. The number of Topliss-reactive ketones (excluding diaryl/α,β-unsaturated/α-hetero) is 1. The zero-order chi connectivity index (χ0) is 15.7. The van der Waals surface area contributed by atoms with E-state index in [1.807, 2.05) is 0 Å². The third-order valence-corrected chi connectivity index (χ3v) is 3.28. The summed E-state index contributed by atoms with van der Waals surface area (Å²) in [5.41, 5.74) is 1.18. The Hall–Kier alpha value is -2.82. The molecule has 1 aliphatic rings. The molecule has 0 saturated heterocycles. The maximum Gasteiger partial charge on any atom is 0.310 e. The Kier molecular flexibility index (Phi) is 3.55. The molecule has 5 nitrogen and oxygen atoms in total. The predicted molar refractivity (Wildman–Crippen MR) is 78.7 cm³/mol. The number of allylic oxidation sites excluding steroid dienone is 1. The van der Waals surface area contributed by atoms with Gasteiger partial charge >= 0.3 is 5.97 Å². The Morgan fingerprint density at radius 2 is 2.18 bits per heavy atom. The SMILES string of the molecule is CCC(=O)Oc1cc(C)c2c(c1)O/C(=C\c1ccco1)C2=O. The van der Waals surface area contributed by atoms with Crippen LogP contribution in [0, 0.1) is 6.92 Å². The molecule has 2 heterocycles. The van der Waals surface area contributed by atoms with E-state index in [0.717, 1.165) is 0 Å². The number of esters is 1. The summed E-state index contributed by atoms with van der Waals surface area (Å²) in [7, 11) is 0. The van der Waals surface area contributed by atoms with Crippen molar-refractivity contribution in [2.24, 2.45) is 0 Å². The highest BCUT2D eigenvalue weighted by molar-refractivity contribution is 6.15. The standard InChI is InChI=1S/C17H14O5/c1-3-15(18)21-12-7-10(2)16-13(9-12)22-14(17(16)19)8-11-5-4-6-20-11/h4-9H,3H2,1-2H3/b14-8-. The van der Waals surface area contributed by atoms with E-state index in [9.17, 15) is 9.59 Å². The van der Waals surface area contributed by atoms with Crippen molar-refractivity contribution in [3.63, 3.8) is 0 Å². The summed E-state index contributed by atoms with van der Waals surface area (Å²) in [5, 5.41) is 0. The first-order chi connectivity index (χ1) is 10.6. The molecule has 0 atom stereocenters. The Labute approximate surface area is 127 Å². The Bertz CT molecular complexity index is 769. The fourth-order valence-electron chi connectivity index (χ4n) is 2.24. The van der Waals surface area contributed by atoms with Gasteiger partial charge < -0.3 is 13.9 Å². The lowest BCUT2D eigenvalue weighted by molar-refractivity contribution is -0.134. The topological polar surface area (TPSA) is 65.7 Å². The van der Waals surface area contributed by atoms with E-state index in [2.05, 4.69) is 0 Å². The van der Waals surface area contributed by atoms with E-state index in [0.29, 0.717) is 28.4 Å². The summed E-state index contributed by atoms with van der Waals surface area (Å²) >= 11 is 0. The average Bonchev–Trinajstić information content (AvgIpc) is 3.08. The first-order valence-electron chi connectivity index (χ1n) is 6.91. The molecule has 0 unspecified atom stereocenters. The molecule has 1 aliphatic heterocycles. The van der Waals surface area contributed by atoms with E-state index >= 15 is 0 Å². The van der Waals surface area contributed by atoms with Crippen LogP contribution in [0.2, 0.25) is 0 Å². The normalized spacial score (nSPS) is 14.8. The van der Waals surface area contributed by atoms with Crippen LogP contribution in [0.5, 0.6) is 11.5 Å². The molecule has 0 amide bonds. The molecule has 22 heavy (non-hydrogen) atoms. The molecule has 1 aromatic carbocycles. The van der Waals surface area contributed by atoms with Gasteiger partial charge in [0.1, 0.15) is 17.3 Å². The second-order valence-corrected chi connectivity index (χ2v) is 4.90. The summed E-state index contributed by atoms with van der Waals surface area (Å²) in [6, 6.07) is 6.67. The van der Waals surface area contributed by atoms with E-state index in [1.165, 1.54) is 6.26 Å². The third kappa shape index (κ3) is 2.53. The fourth-order valence-corrected chi connectivity index (χ4v) is 2.24. The Morgan fingerprint density at radius 3 is 2.86 bits per heavy atom. The Morgan fingerprint density at radius 1 is 1.36 bits per heavy atom. The number of carbonyl (C=O) groups excluding carboxylic acids is 2. The van der Waals surface area contributed by atoms with Crippen molar-refractivity contribution in [1.29, 1.82) is 0 Å². The van der Waals surface area contributed by atoms with Crippen molar-refractivity contribution in [2.45, 2.75) is 20.3 Å². The molecule has 112 valence electrons. The molecule has 0 fully saturated rings. The first kappa shape index (κ1) is 14.1. The molecular formula is C17H14O5. The van der Waals surface area contributed by atoms with Crippen molar-refractivity contribution >= 4 is 17.8 Å². The molecule has 0 saturated carbocycles. The highest BCUT2D eigenvalue weighted by Crippen LogP contribution is 2.37. The first-order valence-corrected chi connectivity index (χ1v) is 6.91. The van der Waals surface area contributed by atoms with Crippen LogP contribution in [0.3, 0.4) is 0 Å². The van der Waals surface area contributed by atoms with Gasteiger partial charge in [0.25, 0.3) is 0 Å². The minimum atomic E-state index is -0.338. The van der Waals surface area contributed by atoms with Crippen LogP contribution < -0.4 is 9.47 Å². The molecule has 5 heteroatoms. The number of ketones is 1. The number of hydrogen-bond donors (Lipinski definition) is 0. The zero-order valence-electron chi connectivity index (χ0n) is 12.2. The van der Waals surface area contributed by atoms with Crippen LogP contribution in [0.4, 0.5) is 0 Å². The van der Waals surface area contributed by atoms with Crippen molar-refractivity contribution < 1.29 is 23.5 Å². The highest BCUT2D eigenvalue weighted by atomic mass is 16.5. The van der Waals surface area contributed by atoms with Crippen LogP contribution >= 0.6 is 0 Å². The number of furan rings is 1. The number of benzene rings is 1. The van der Waals surface area contributed by atoms with Gasteiger partial charge in [-0.3, -0.25) is 9.59 Å². The summed E-state index contributed by atoms with van der Waals surface area (Å²) in [6.45, 7) is 3.49. The molecule has 0 aliphatic carbocycles. The number of rotatable bonds is 3. The number of fused-ring (bicyclic) bond motifs is 1. The maximum absolute atomic E-state index is 12.4. The van der Waals surface area contributed by atoms with Gasteiger partial charge in [-0.25, -0.2) is 0 Å². The monoisotopic (exact) mass is 298 g/mol. The molecule has 2 aromatic rings. The van der Waals surface area contributed by atoms with Crippen LogP contribution in [-0.2, 0) is 4.79 Å². The van der Waals surface area contributed by atoms with Gasteiger partial charge in [0.2, 0.25) is 5.78 Å². The van der Waals surface area contributed by atoms with E-state index in [4.69, 9.17) is 13.9 Å². The molecule has 0 radical (unpaired) electrons. The molecule has 0 N–H and O–H groups in total. The number of hydrogen-bond acceptors (Lipinski definition) is 5. The number of aryl methyl sites for hydroxylation is 1. The maximum atomic E-state index is 12.4. The number of ether oxygens (including phenoxy) is 2. The van der Waals surface area contributed by atoms with Gasteiger partial charge in [0, 0.05) is 18.6 Å². The zero-order valence-corrected chi connectivity index (χ0v) is 12.2. The number of carbonyl (C=O) groups is 2. The van der Waals surface area contributed by atoms with Gasteiger partial charge in [-0.1, -0.05) is 6.92 Å². The third-order valence-electron chi connectivity index (χ3n) is 3.28. The lowest BCUT2D eigenvalue weighted by Crippen LogP contribution is -2.06. The minimum Gasteiger partial charge on any atom is -0.465 e. The predicted octanol–water partition coefficient (Wildman–Crippen LogP) is 3.52.